The second-order valence-corrected chi connectivity index (χ2v) is 3.52. The molecule has 0 radical (unpaired) electrons. The van der Waals surface area contributed by atoms with Gasteiger partial charge in [-0.1, -0.05) is 26.7 Å². The fraction of sp³-hybridized carbons (Fsp3) is 1.00. The van der Waals surface area contributed by atoms with E-state index in [1.165, 1.54) is 45.1 Å². The van der Waals surface area contributed by atoms with Gasteiger partial charge in [0.1, 0.15) is 0 Å². The van der Waals surface area contributed by atoms with Crippen molar-refractivity contribution in [3.63, 3.8) is 0 Å². The SMILES string of the molecule is C1CCC2(C1)CCCN2.CC. The highest BCUT2D eigenvalue weighted by molar-refractivity contribution is 4.96. The van der Waals surface area contributed by atoms with Gasteiger partial charge in [0.2, 0.25) is 0 Å². The Bertz CT molecular complexity index is 79.9. The fourth-order valence-corrected chi connectivity index (χ4v) is 2.35. The first-order valence-corrected chi connectivity index (χ1v) is 5.16. The molecule has 0 aromatic rings. The van der Waals surface area contributed by atoms with Crippen LogP contribution in [0.4, 0.5) is 0 Å². The maximum absolute atomic E-state index is 3.63. The summed E-state index contributed by atoms with van der Waals surface area (Å²) in [7, 11) is 0. The molecule has 0 bridgehead atoms. The Kier molecular flexibility index (Phi) is 3.38. The summed E-state index contributed by atoms with van der Waals surface area (Å²) in [5, 5.41) is 3.63. The highest BCUT2D eigenvalue weighted by Gasteiger charge is 2.35. The van der Waals surface area contributed by atoms with E-state index >= 15 is 0 Å². The zero-order chi connectivity index (χ0) is 8.16. The van der Waals surface area contributed by atoms with Gasteiger partial charge in [0, 0.05) is 5.54 Å². The van der Waals surface area contributed by atoms with E-state index in [-0.39, 0.29) is 0 Å². The van der Waals surface area contributed by atoms with Gasteiger partial charge in [-0.15, -0.1) is 0 Å². The summed E-state index contributed by atoms with van der Waals surface area (Å²) in [5.74, 6) is 0. The number of nitrogens with one attached hydrogen (secondary N) is 1. The molecule has 1 N–H and O–H groups in total. The van der Waals surface area contributed by atoms with Gasteiger partial charge in [-0.25, -0.2) is 0 Å². The van der Waals surface area contributed by atoms with Gasteiger partial charge in [-0.05, 0) is 32.2 Å². The molecule has 2 aliphatic rings. The molecule has 1 heterocycles. The Labute approximate surface area is 70.6 Å². The topological polar surface area (TPSA) is 12.0 Å². The molecular formula is C10H21N. The van der Waals surface area contributed by atoms with E-state index in [9.17, 15) is 0 Å². The Hall–Kier alpha value is -0.0400. The van der Waals surface area contributed by atoms with Gasteiger partial charge in [-0.2, -0.15) is 0 Å². The van der Waals surface area contributed by atoms with Crippen molar-refractivity contribution < 1.29 is 0 Å². The molecule has 2 rings (SSSR count). The summed E-state index contributed by atoms with van der Waals surface area (Å²) < 4.78 is 0. The van der Waals surface area contributed by atoms with Gasteiger partial charge < -0.3 is 5.32 Å². The van der Waals surface area contributed by atoms with Crippen LogP contribution in [-0.2, 0) is 0 Å². The molecule has 1 nitrogen and oxygen atoms in total. The van der Waals surface area contributed by atoms with E-state index in [2.05, 4.69) is 5.32 Å². The lowest BCUT2D eigenvalue weighted by Crippen LogP contribution is -2.35. The molecule has 1 heteroatoms. The standard InChI is InChI=1S/C8H15N.C2H6/c1-2-5-8(4-1)6-3-7-9-8;1-2/h9H,1-7H2;1-2H3. The Morgan fingerprint density at radius 2 is 1.45 bits per heavy atom. The summed E-state index contributed by atoms with van der Waals surface area (Å²) in [6, 6.07) is 0. The van der Waals surface area contributed by atoms with E-state index in [1.54, 1.807) is 0 Å². The van der Waals surface area contributed by atoms with Crippen LogP contribution in [0.25, 0.3) is 0 Å². The lowest BCUT2D eigenvalue weighted by molar-refractivity contribution is 0.388. The molecule has 0 atom stereocenters. The van der Waals surface area contributed by atoms with Crippen molar-refractivity contribution >= 4 is 0 Å². The molecule has 0 amide bonds. The lowest BCUT2D eigenvalue weighted by Gasteiger charge is -2.22. The first kappa shape index (κ1) is 9.05. The molecular weight excluding hydrogens is 134 g/mol. The smallest absolute Gasteiger partial charge is 0.0182 e. The van der Waals surface area contributed by atoms with Crippen LogP contribution < -0.4 is 5.32 Å². The lowest BCUT2D eigenvalue weighted by atomic mass is 9.96. The summed E-state index contributed by atoms with van der Waals surface area (Å²) >= 11 is 0. The molecule has 1 spiro atoms. The molecule has 0 unspecified atom stereocenters. The number of hydrogen-bond acceptors (Lipinski definition) is 1. The molecule has 66 valence electrons. The van der Waals surface area contributed by atoms with Gasteiger partial charge in [-0.3, -0.25) is 0 Å². The first-order chi connectivity index (χ1) is 5.41. The van der Waals surface area contributed by atoms with Crippen LogP contribution in [0, 0.1) is 0 Å². The monoisotopic (exact) mass is 155 g/mol. The van der Waals surface area contributed by atoms with E-state index < -0.39 is 0 Å². The maximum Gasteiger partial charge on any atom is 0.0182 e. The van der Waals surface area contributed by atoms with Crippen molar-refractivity contribution in [3.05, 3.63) is 0 Å². The summed E-state index contributed by atoms with van der Waals surface area (Å²) in [4.78, 5) is 0. The Morgan fingerprint density at radius 3 is 1.91 bits per heavy atom. The minimum atomic E-state index is 0.639. The molecule has 1 aliphatic carbocycles. The largest absolute Gasteiger partial charge is 0.311 e. The highest BCUT2D eigenvalue weighted by Crippen LogP contribution is 2.36. The van der Waals surface area contributed by atoms with Crippen LogP contribution in [0.1, 0.15) is 52.4 Å². The normalized spacial score (nSPS) is 26.7. The van der Waals surface area contributed by atoms with Crippen LogP contribution in [0.2, 0.25) is 0 Å². The van der Waals surface area contributed by atoms with Crippen molar-refractivity contribution in [1.82, 2.24) is 5.32 Å². The third kappa shape index (κ3) is 1.96. The molecule has 1 saturated heterocycles. The number of hydrogen-bond donors (Lipinski definition) is 1. The predicted octanol–water partition coefficient (Wildman–Crippen LogP) is 2.71. The minimum Gasteiger partial charge on any atom is -0.311 e. The van der Waals surface area contributed by atoms with Gasteiger partial charge in [0.05, 0.1) is 0 Å². The van der Waals surface area contributed by atoms with Crippen molar-refractivity contribution in [1.29, 1.82) is 0 Å². The van der Waals surface area contributed by atoms with Crippen LogP contribution in [0.3, 0.4) is 0 Å². The van der Waals surface area contributed by atoms with Gasteiger partial charge >= 0.3 is 0 Å². The fourth-order valence-electron chi connectivity index (χ4n) is 2.35. The average Bonchev–Trinajstić information content (AvgIpc) is 2.69. The van der Waals surface area contributed by atoms with Crippen molar-refractivity contribution in [2.75, 3.05) is 6.54 Å². The van der Waals surface area contributed by atoms with Crippen molar-refractivity contribution in [2.24, 2.45) is 0 Å². The molecule has 0 aromatic carbocycles. The number of rotatable bonds is 0. The summed E-state index contributed by atoms with van der Waals surface area (Å²) in [5.41, 5.74) is 0.639. The second-order valence-electron chi connectivity index (χ2n) is 3.52. The third-order valence-electron chi connectivity index (χ3n) is 2.89. The van der Waals surface area contributed by atoms with Crippen LogP contribution in [-0.4, -0.2) is 12.1 Å². The van der Waals surface area contributed by atoms with E-state index in [4.69, 9.17) is 0 Å². The van der Waals surface area contributed by atoms with Crippen LogP contribution >= 0.6 is 0 Å². The Morgan fingerprint density at radius 1 is 0.909 bits per heavy atom. The van der Waals surface area contributed by atoms with Crippen molar-refractivity contribution in [2.45, 2.75) is 57.9 Å². The highest BCUT2D eigenvalue weighted by atomic mass is 15.0. The summed E-state index contributed by atoms with van der Waals surface area (Å²) in [6.07, 6.45) is 8.70. The summed E-state index contributed by atoms with van der Waals surface area (Å²) in [6.45, 7) is 5.28. The molecule has 1 aliphatic heterocycles. The van der Waals surface area contributed by atoms with E-state index in [0.29, 0.717) is 5.54 Å². The maximum atomic E-state index is 3.63. The third-order valence-corrected chi connectivity index (χ3v) is 2.89. The van der Waals surface area contributed by atoms with E-state index in [0.717, 1.165) is 0 Å². The molecule has 2 fully saturated rings. The van der Waals surface area contributed by atoms with Crippen molar-refractivity contribution in [3.8, 4) is 0 Å². The molecule has 11 heavy (non-hydrogen) atoms. The molecule has 1 saturated carbocycles. The quantitative estimate of drug-likeness (QED) is 0.567. The van der Waals surface area contributed by atoms with Gasteiger partial charge in [0.25, 0.3) is 0 Å². The first-order valence-electron chi connectivity index (χ1n) is 5.16. The van der Waals surface area contributed by atoms with Crippen LogP contribution in [0.15, 0.2) is 0 Å². The Balaban J connectivity index is 0.000000281. The zero-order valence-electron chi connectivity index (χ0n) is 7.95. The van der Waals surface area contributed by atoms with Gasteiger partial charge in [0.15, 0.2) is 0 Å². The van der Waals surface area contributed by atoms with E-state index in [1.807, 2.05) is 13.8 Å². The second kappa shape index (κ2) is 4.10. The molecule has 0 aromatic heterocycles. The average molecular weight is 155 g/mol. The minimum absolute atomic E-state index is 0.639. The predicted molar refractivity (Wildman–Crippen MR) is 49.8 cm³/mol. The zero-order valence-corrected chi connectivity index (χ0v) is 7.95. The van der Waals surface area contributed by atoms with Crippen LogP contribution in [0.5, 0.6) is 0 Å².